The van der Waals surface area contributed by atoms with E-state index in [1.54, 1.807) is 0 Å². The Bertz CT molecular complexity index is 227. The largest absolute Gasteiger partial charge is 0.315 e. The van der Waals surface area contributed by atoms with E-state index >= 15 is 0 Å². The van der Waals surface area contributed by atoms with Crippen LogP contribution in [0.1, 0.15) is 58.8 Å². The van der Waals surface area contributed by atoms with Gasteiger partial charge in [0.05, 0.1) is 0 Å². The quantitative estimate of drug-likeness (QED) is 0.700. The predicted molar refractivity (Wildman–Crippen MR) is 78.9 cm³/mol. The molecule has 2 atom stereocenters. The molecule has 1 N–H and O–H groups in total. The van der Waals surface area contributed by atoms with E-state index in [-0.39, 0.29) is 0 Å². The lowest BCUT2D eigenvalue weighted by molar-refractivity contribution is 0.114. The van der Waals surface area contributed by atoms with Crippen molar-refractivity contribution in [2.45, 2.75) is 64.8 Å². The maximum atomic E-state index is 3.63. The van der Waals surface area contributed by atoms with Gasteiger partial charge in [-0.25, -0.2) is 0 Å². The van der Waals surface area contributed by atoms with Crippen LogP contribution >= 0.6 is 0 Å². The molecule has 1 aliphatic carbocycles. The van der Waals surface area contributed by atoms with E-state index < -0.39 is 0 Å². The summed E-state index contributed by atoms with van der Waals surface area (Å²) in [5.74, 6) is 1.90. The van der Waals surface area contributed by atoms with Crippen molar-refractivity contribution >= 4 is 0 Å². The van der Waals surface area contributed by atoms with Crippen LogP contribution in [0.3, 0.4) is 0 Å². The highest BCUT2D eigenvalue weighted by molar-refractivity contribution is 4.89. The standard InChI is InChI=1S/C16H32N2/c1-14(2)6-4-10-17-11-13-18-12-5-8-15-7-3-9-16(15)18/h14-17H,3-13H2,1-2H3. The van der Waals surface area contributed by atoms with E-state index in [4.69, 9.17) is 0 Å². The maximum Gasteiger partial charge on any atom is 0.0124 e. The van der Waals surface area contributed by atoms with Crippen molar-refractivity contribution in [2.75, 3.05) is 26.2 Å². The van der Waals surface area contributed by atoms with Gasteiger partial charge in [0, 0.05) is 19.1 Å². The molecular weight excluding hydrogens is 220 g/mol. The predicted octanol–water partition coefficient (Wildman–Crippen LogP) is 3.28. The molecule has 2 unspecified atom stereocenters. The Labute approximate surface area is 114 Å². The van der Waals surface area contributed by atoms with Crippen LogP contribution in [0.2, 0.25) is 0 Å². The molecule has 2 rings (SSSR count). The molecule has 2 fully saturated rings. The molecule has 2 aliphatic rings. The third-order valence-corrected chi connectivity index (χ3v) is 4.82. The minimum Gasteiger partial charge on any atom is -0.315 e. The molecule has 0 radical (unpaired) electrons. The molecule has 106 valence electrons. The Morgan fingerprint density at radius 3 is 2.78 bits per heavy atom. The Morgan fingerprint density at radius 1 is 1.11 bits per heavy atom. The first-order chi connectivity index (χ1) is 8.77. The van der Waals surface area contributed by atoms with Crippen molar-refractivity contribution in [3.63, 3.8) is 0 Å². The molecule has 2 heteroatoms. The van der Waals surface area contributed by atoms with E-state index in [0.29, 0.717) is 0 Å². The van der Waals surface area contributed by atoms with E-state index in [2.05, 4.69) is 24.1 Å². The fourth-order valence-corrected chi connectivity index (χ4v) is 3.82. The number of hydrogen-bond donors (Lipinski definition) is 1. The summed E-state index contributed by atoms with van der Waals surface area (Å²) in [6.07, 6.45) is 10.1. The van der Waals surface area contributed by atoms with Crippen LogP contribution in [-0.4, -0.2) is 37.1 Å². The van der Waals surface area contributed by atoms with Crippen molar-refractivity contribution in [3.8, 4) is 0 Å². The fourth-order valence-electron chi connectivity index (χ4n) is 3.82. The molecule has 1 saturated carbocycles. The van der Waals surface area contributed by atoms with Gasteiger partial charge in [0.25, 0.3) is 0 Å². The summed E-state index contributed by atoms with van der Waals surface area (Å²) >= 11 is 0. The van der Waals surface area contributed by atoms with Crippen LogP contribution in [-0.2, 0) is 0 Å². The first kappa shape index (κ1) is 14.3. The van der Waals surface area contributed by atoms with Crippen molar-refractivity contribution in [2.24, 2.45) is 11.8 Å². The van der Waals surface area contributed by atoms with Crippen molar-refractivity contribution in [1.82, 2.24) is 10.2 Å². The van der Waals surface area contributed by atoms with Gasteiger partial charge in [0.15, 0.2) is 0 Å². The Kier molecular flexibility index (Phi) is 5.97. The molecule has 1 aliphatic heterocycles. The van der Waals surface area contributed by atoms with Crippen LogP contribution < -0.4 is 5.32 Å². The lowest BCUT2D eigenvalue weighted by Gasteiger charge is -2.37. The Hall–Kier alpha value is -0.0800. The number of piperidine rings is 1. The summed E-state index contributed by atoms with van der Waals surface area (Å²) < 4.78 is 0. The van der Waals surface area contributed by atoms with E-state index in [1.807, 2.05) is 0 Å². The summed E-state index contributed by atoms with van der Waals surface area (Å²) in [4.78, 5) is 2.77. The minimum absolute atomic E-state index is 0.855. The smallest absolute Gasteiger partial charge is 0.0124 e. The average molecular weight is 252 g/mol. The summed E-state index contributed by atoms with van der Waals surface area (Å²) in [5, 5.41) is 3.63. The molecule has 0 bridgehead atoms. The zero-order valence-electron chi connectivity index (χ0n) is 12.5. The van der Waals surface area contributed by atoms with Crippen LogP contribution in [0, 0.1) is 11.8 Å². The molecule has 0 amide bonds. The number of nitrogens with zero attached hydrogens (tertiary/aromatic N) is 1. The highest BCUT2D eigenvalue weighted by Gasteiger charge is 2.34. The molecule has 0 aromatic carbocycles. The lowest BCUT2D eigenvalue weighted by Crippen LogP contribution is -2.45. The normalized spacial score (nSPS) is 28.8. The molecule has 2 nitrogen and oxygen atoms in total. The van der Waals surface area contributed by atoms with Gasteiger partial charge in [0.1, 0.15) is 0 Å². The summed E-state index contributed by atoms with van der Waals surface area (Å²) in [7, 11) is 0. The van der Waals surface area contributed by atoms with Gasteiger partial charge < -0.3 is 5.32 Å². The van der Waals surface area contributed by atoms with E-state index in [1.165, 1.54) is 71.1 Å². The fraction of sp³-hybridized carbons (Fsp3) is 1.00. The van der Waals surface area contributed by atoms with Crippen molar-refractivity contribution in [1.29, 1.82) is 0 Å². The molecule has 18 heavy (non-hydrogen) atoms. The number of hydrogen-bond acceptors (Lipinski definition) is 2. The molecule has 1 heterocycles. The summed E-state index contributed by atoms with van der Waals surface area (Å²) in [6.45, 7) is 9.67. The second-order valence-electron chi connectivity index (χ2n) is 6.72. The first-order valence-electron chi connectivity index (χ1n) is 8.22. The van der Waals surface area contributed by atoms with Gasteiger partial charge in [-0.1, -0.05) is 20.3 Å². The Morgan fingerprint density at radius 2 is 1.94 bits per heavy atom. The number of fused-ring (bicyclic) bond motifs is 1. The number of nitrogens with one attached hydrogen (secondary N) is 1. The minimum atomic E-state index is 0.855. The topological polar surface area (TPSA) is 15.3 Å². The molecule has 1 saturated heterocycles. The second-order valence-corrected chi connectivity index (χ2v) is 6.72. The molecule has 0 aromatic heterocycles. The SMILES string of the molecule is CC(C)CCCNCCN1CCCC2CCCC21. The van der Waals surface area contributed by atoms with Crippen molar-refractivity contribution < 1.29 is 0 Å². The lowest BCUT2D eigenvalue weighted by atomic mass is 9.92. The second kappa shape index (κ2) is 7.49. The van der Waals surface area contributed by atoms with Gasteiger partial charge >= 0.3 is 0 Å². The Balaban J connectivity index is 1.55. The average Bonchev–Trinajstić information content (AvgIpc) is 2.82. The zero-order valence-corrected chi connectivity index (χ0v) is 12.5. The summed E-state index contributed by atoms with van der Waals surface area (Å²) in [6, 6.07) is 0.941. The van der Waals surface area contributed by atoms with Gasteiger partial charge in [-0.05, 0) is 63.5 Å². The van der Waals surface area contributed by atoms with Crippen LogP contribution in [0.15, 0.2) is 0 Å². The molecular formula is C16H32N2. The van der Waals surface area contributed by atoms with Gasteiger partial charge in [-0.3, -0.25) is 4.90 Å². The highest BCUT2D eigenvalue weighted by atomic mass is 15.2. The van der Waals surface area contributed by atoms with Gasteiger partial charge in [0.2, 0.25) is 0 Å². The number of likely N-dealkylation sites (tertiary alicyclic amines) is 1. The maximum absolute atomic E-state index is 3.63. The third kappa shape index (κ3) is 4.24. The van der Waals surface area contributed by atoms with E-state index in [0.717, 1.165) is 17.9 Å². The van der Waals surface area contributed by atoms with Crippen LogP contribution in [0.25, 0.3) is 0 Å². The van der Waals surface area contributed by atoms with E-state index in [9.17, 15) is 0 Å². The number of rotatable bonds is 7. The van der Waals surface area contributed by atoms with Gasteiger partial charge in [-0.2, -0.15) is 0 Å². The monoisotopic (exact) mass is 252 g/mol. The first-order valence-corrected chi connectivity index (χ1v) is 8.22. The summed E-state index contributed by atoms with van der Waals surface area (Å²) in [5.41, 5.74) is 0. The third-order valence-electron chi connectivity index (χ3n) is 4.82. The van der Waals surface area contributed by atoms with Gasteiger partial charge in [-0.15, -0.1) is 0 Å². The molecule has 0 spiro atoms. The zero-order chi connectivity index (χ0) is 12.8. The molecule has 0 aromatic rings. The van der Waals surface area contributed by atoms with Crippen LogP contribution in [0.5, 0.6) is 0 Å². The van der Waals surface area contributed by atoms with Crippen LogP contribution in [0.4, 0.5) is 0 Å². The van der Waals surface area contributed by atoms with Crippen molar-refractivity contribution in [3.05, 3.63) is 0 Å². The highest BCUT2D eigenvalue weighted by Crippen LogP contribution is 2.36.